The summed E-state index contributed by atoms with van der Waals surface area (Å²) in [5, 5.41) is 7.99. The van der Waals surface area contributed by atoms with E-state index >= 15 is 0 Å². The number of nitrogens with one attached hydrogen (secondary N) is 2. The lowest BCUT2D eigenvalue weighted by atomic mass is 9.96. The topological polar surface area (TPSA) is 71.4 Å². The minimum atomic E-state index is -0.255. The summed E-state index contributed by atoms with van der Waals surface area (Å²) < 4.78 is 7.83. The Morgan fingerprint density at radius 3 is 2.54 bits per heavy atom. The van der Waals surface area contributed by atoms with Crippen LogP contribution in [0.4, 0.5) is 11.4 Å². The summed E-state index contributed by atoms with van der Waals surface area (Å²) in [5.74, 6) is 0.444. The zero-order valence-corrected chi connectivity index (χ0v) is 25.7. The van der Waals surface area contributed by atoms with Crippen molar-refractivity contribution in [2.24, 2.45) is 5.92 Å². The fourth-order valence-corrected chi connectivity index (χ4v) is 6.01. The smallest absolute Gasteiger partial charge is 0.226 e. The van der Waals surface area contributed by atoms with Crippen molar-refractivity contribution in [2.45, 2.75) is 39.8 Å². The summed E-state index contributed by atoms with van der Waals surface area (Å²) in [6.07, 6.45) is 1.78. The number of carbonyl (C=O) groups excluding carboxylic acids is 1. The molecule has 1 amide bonds. The van der Waals surface area contributed by atoms with Crippen LogP contribution in [0.5, 0.6) is 5.75 Å². The van der Waals surface area contributed by atoms with Gasteiger partial charge < -0.3 is 24.8 Å². The monoisotopic (exact) mass is 607 g/mol. The molecule has 2 atom stereocenters. The van der Waals surface area contributed by atoms with Crippen molar-refractivity contribution in [2.75, 3.05) is 17.3 Å². The molecule has 1 aliphatic rings. The van der Waals surface area contributed by atoms with E-state index in [9.17, 15) is 4.79 Å². The molecule has 3 heterocycles. The predicted molar refractivity (Wildman–Crippen MR) is 170 cm³/mol. The molecular formula is C31H31Cl2N5O2S. The molecule has 2 aromatic carbocycles. The summed E-state index contributed by atoms with van der Waals surface area (Å²) in [5.41, 5.74) is 6.14. The number of nitrogens with zero attached hydrogens (tertiary/aromatic N) is 3. The number of hydrogen-bond acceptors (Lipinski definition) is 4. The standard InChI is InChI=1S/C31H31Cl2N5O2S/c1-17(2)30(39)35-24-11-10-21(16-23(24)33)38-29(28(36-31(38)41)25-8-6-7-13-34-25)22-14-18(3)37(19(22)4)26-15-20(32)9-12-27(26)40-5/h6-17,28-29H,1-5H3,(H,35,39)(H,36,41)/t28-,29+/m0/s1. The molecule has 0 radical (unpaired) electrons. The Morgan fingerprint density at radius 1 is 1.10 bits per heavy atom. The fraction of sp³-hybridized carbons (Fsp3) is 0.258. The first-order valence-corrected chi connectivity index (χ1v) is 14.4. The summed E-state index contributed by atoms with van der Waals surface area (Å²) in [4.78, 5) is 19.0. The highest BCUT2D eigenvalue weighted by molar-refractivity contribution is 7.80. The first-order valence-electron chi connectivity index (χ1n) is 13.2. The van der Waals surface area contributed by atoms with Crippen LogP contribution < -0.4 is 20.3 Å². The predicted octanol–water partition coefficient (Wildman–Crippen LogP) is 7.58. The second-order valence-electron chi connectivity index (χ2n) is 10.3. The third-order valence-electron chi connectivity index (χ3n) is 7.28. The van der Waals surface area contributed by atoms with Crippen molar-refractivity contribution in [3.63, 3.8) is 0 Å². The minimum absolute atomic E-state index is 0.102. The van der Waals surface area contributed by atoms with E-state index < -0.39 is 0 Å². The average Bonchev–Trinajstić information content (AvgIpc) is 3.44. The van der Waals surface area contributed by atoms with Gasteiger partial charge in [0.15, 0.2) is 5.11 Å². The highest BCUT2D eigenvalue weighted by atomic mass is 35.5. The van der Waals surface area contributed by atoms with E-state index in [0.29, 0.717) is 26.6 Å². The van der Waals surface area contributed by atoms with Crippen molar-refractivity contribution in [3.05, 3.63) is 99.6 Å². The zero-order valence-electron chi connectivity index (χ0n) is 23.4. The quantitative estimate of drug-likeness (QED) is 0.211. The molecule has 0 spiro atoms. The van der Waals surface area contributed by atoms with Crippen LogP contribution in [0.25, 0.3) is 5.69 Å². The molecule has 41 heavy (non-hydrogen) atoms. The first-order chi connectivity index (χ1) is 19.6. The maximum Gasteiger partial charge on any atom is 0.226 e. The largest absolute Gasteiger partial charge is 0.495 e. The van der Waals surface area contributed by atoms with E-state index in [-0.39, 0.29) is 23.9 Å². The number of benzene rings is 2. The number of ether oxygens (including phenoxy) is 1. The van der Waals surface area contributed by atoms with Gasteiger partial charge in [-0.15, -0.1) is 0 Å². The van der Waals surface area contributed by atoms with E-state index in [4.69, 9.17) is 40.2 Å². The third kappa shape index (κ3) is 5.52. The number of halogens is 2. The van der Waals surface area contributed by atoms with E-state index in [0.717, 1.165) is 34.0 Å². The van der Waals surface area contributed by atoms with Gasteiger partial charge in [0.25, 0.3) is 0 Å². The van der Waals surface area contributed by atoms with Gasteiger partial charge in [0.2, 0.25) is 5.91 Å². The van der Waals surface area contributed by atoms with Gasteiger partial charge in [-0.25, -0.2) is 0 Å². The van der Waals surface area contributed by atoms with E-state index in [2.05, 4.69) is 45.0 Å². The van der Waals surface area contributed by atoms with Crippen LogP contribution in [0.1, 0.15) is 48.6 Å². The second kappa shape index (κ2) is 11.7. The van der Waals surface area contributed by atoms with Crippen molar-refractivity contribution in [3.8, 4) is 11.4 Å². The Morgan fingerprint density at radius 2 is 1.88 bits per heavy atom. The summed E-state index contributed by atoms with van der Waals surface area (Å²) >= 11 is 19.0. The van der Waals surface area contributed by atoms with E-state index in [1.54, 1.807) is 13.3 Å². The summed E-state index contributed by atoms with van der Waals surface area (Å²) in [6, 6.07) is 18.7. The molecule has 1 aliphatic heterocycles. The molecule has 0 aliphatic carbocycles. The van der Waals surface area contributed by atoms with E-state index in [1.165, 1.54) is 0 Å². The van der Waals surface area contributed by atoms with Crippen LogP contribution in [-0.4, -0.2) is 27.7 Å². The number of anilines is 2. The maximum atomic E-state index is 12.3. The molecule has 1 saturated heterocycles. The number of aryl methyl sites for hydroxylation is 1. The molecule has 0 saturated carbocycles. The molecule has 2 N–H and O–H groups in total. The molecule has 2 aromatic heterocycles. The lowest BCUT2D eigenvalue weighted by Gasteiger charge is -2.28. The van der Waals surface area contributed by atoms with Gasteiger partial charge in [0.1, 0.15) is 5.75 Å². The summed E-state index contributed by atoms with van der Waals surface area (Å²) in [6.45, 7) is 7.81. The van der Waals surface area contributed by atoms with Gasteiger partial charge >= 0.3 is 0 Å². The van der Waals surface area contributed by atoms with Gasteiger partial charge in [-0.3, -0.25) is 9.78 Å². The average molecular weight is 609 g/mol. The molecule has 4 aromatic rings. The lowest BCUT2D eigenvalue weighted by molar-refractivity contribution is -0.118. The van der Waals surface area contributed by atoms with Crippen molar-refractivity contribution in [1.29, 1.82) is 0 Å². The van der Waals surface area contributed by atoms with Crippen molar-refractivity contribution in [1.82, 2.24) is 14.9 Å². The van der Waals surface area contributed by atoms with Crippen LogP contribution in [0.2, 0.25) is 10.0 Å². The third-order valence-corrected chi connectivity index (χ3v) is 8.14. The Bertz CT molecular complexity index is 1620. The Kier molecular flexibility index (Phi) is 8.27. The first kappa shape index (κ1) is 28.9. The molecule has 0 unspecified atom stereocenters. The van der Waals surface area contributed by atoms with Gasteiger partial charge in [-0.1, -0.05) is 43.1 Å². The number of amides is 1. The van der Waals surface area contributed by atoms with Crippen LogP contribution in [0.3, 0.4) is 0 Å². The van der Waals surface area contributed by atoms with Crippen LogP contribution in [0, 0.1) is 19.8 Å². The normalized spacial score (nSPS) is 16.7. The fourth-order valence-electron chi connectivity index (χ4n) is 5.28. The molecule has 7 nitrogen and oxygen atoms in total. The lowest BCUT2D eigenvalue weighted by Crippen LogP contribution is -2.29. The highest BCUT2D eigenvalue weighted by Crippen LogP contribution is 2.45. The zero-order chi connectivity index (χ0) is 29.4. The van der Waals surface area contributed by atoms with Gasteiger partial charge in [0.05, 0.1) is 41.3 Å². The minimum Gasteiger partial charge on any atom is -0.495 e. The number of thiocarbonyl (C=S) groups is 1. The Hall–Kier alpha value is -3.59. The van der Waals surface area contributed by atoms with Gasteiger partial charge in [-0.2, -0.15) is 0 Å². The maximum absolute atomic E-state index is 12.3. The SMILES string of the molecule is COc1ccc(Cl)cc1-n1c(C)cc([C@@H]2[C@H](c3ccccn3)NC(=S)N2c2ccc(NC(=O)C(C)C)c(Cl)c2)c1C. The number of rotatable bonds is 7. The van der Waals surface area contributed by atoms with Gasteiger partial charge in [-0.05, 0) is 86.2 Å². The van der Waals surface area contributed by atoms with Crippen LogP contribution >= 0.6 is 35.4 Å². The van der Waals surface area contributed by atoms with Crippen LogP contribution in [0.15, 0.2) is 66.9 Å². The number of methoxy groups -OCH3 is 1. The highest BCUT2D eigenvalue weighted by Gasteiger charge is 2.42. The number of aromatic nitrogens is 2. The van der Waals surface area contributed by atoms with Crippen LogP contribution in [-0.2, 0) is 4.79 Å². The number of pyridine rings is 1. The number of hydrogen-bond donors (Lipinski definition) is 2. The molecule has 10 heteroatoms. The Labute approximate surface area is 255 Å². The van der Waals surface area contributed by atoms with E-state index in [1.807, 2.05) is 68.4 Å². The number of carbonyl (C=O) groups is 1. The van der Waals surface area contributed by atoms with Crippen molar-refractivity contribution >= 4 is 57.8 Å². The molecular weight excluding hydrogens is 577 g/mol. The Balaban J connectivity index is 1.64. The second-order valence-corrected chi connectivity index (χ2v) is 11.5. The van der Waals surface area contributed by atoms with Gasteiger partial charge in [0, 0.05) is 34.2 Å². The molecule has 1 fully saturated rings. The summed E-state index contributed by atoms with van der Waals surface area (Å²) in [7, 11) is 1.65. The molecule has 212 valence electrons. The molecule has 5 rings (SSSR count). The van der Waals surface area contributed by atoms with Crippen molar-refractivity contribution < 1.29 is 9.53 Å². The molecule has 0 bridgehead atoms.